The summed E-state index contributed by atoms with van der Waals surface area (Å²) in [6.07, 6.45) is 0.185. The molecule has 8 nitrogen and oxygen atoms in total. The molecule has 2 amide bonds. The molecule has 0 aromatic heterocycles. The first-order valence-electron chi connectivity index (χ1n) is 9.30. The highest BCUT2D eigenvalue weighted by atomic mass is 35.5. The molecule has 0 spiro atoms. The SMILES string of the molecule is CN(C(=O)CCCC(=O)O)c1ccc(Cl)cc1C(=O)NCc1ccc2c(c1)OCO2. The van der Waals surface area contributed by atoms with Gasteiger partial charge in [-0.1, -0.05) is 17.7 Å². The number of amides is 2. The molecule has 30 heavy (non-hydrogen) atoms. The van der Waals surface area contributed by atoms with E-state index in [9.17, 15) is 14.4 Å². The van der Waals surface area contributed by atoms with E-state index in [1.54, 1.807) is 31.3 Å². The van der Waals surface area contributed by atoms with E-state index in [1.165, 1.54) is 11.0 Å². The van der Waals surface area contributed by atoms with Gasteiger partial charge in [-0.3, -0.25) is 14.4 Å². The van der Waals surface area contributed by atoms with Crippen molar-refractivity contribution in [2.75, 3.05) is 18.7 Å². The summed E-state index contributed by atoms with van der Waals surface area (Å²) >= 11 is 6.07. The van der Waals surface area contributed by atoms with Crippen LogP contribution in [0, 0.1) is 0 Å². The molecule has 0 fully saturated rings. The number of benzene rings is 2. The van der Waals surface area contributed by atoms with E-state index in [2.05, 4.69) is 5.32 Å². The molecule has 0 atom stereocenters. The quantitative estimate of drug-likeness (QED) is 0.663. The average Bonchev–Trinajstić information content (AvgIpc) is 3.19. The minimum absolute atomic E-state index is 0.0592. The Bertz CT molecular complexity index is 978. The molecule has 1 aliphatic heterocycles. The highest BCUT2D eigenvalue weighted by Gasteiger charge is 2.20. The maximum atomic E-state index is 12.8. The standard InChI is InChI=1S/C21H21ClN2O6/c1-24(19(25)3-2-4-20(26)27)16-7-6-14(22)10-15(16)21(28)23-11-13-5-8-17-18(9-13)30-12-29-17/h5-10H,2-4,11-12H2,1H3,(H,23,28)(H,26,27). The Labute approximate surface area is 178 Å². The van der Waals surface area contributed by atoms with Crippen LogP contribution >= 0.6 is 11.6 Å². The highest BCUT2D eigenvalue weighted by molar-refractivity contribution is 6.31. The van der Waals surface area contributed by atoms with Crippen molar-refractivity contribution in [1.29, 1.82) is 0 Å². The van der Waals surface area contributed by atoms with Crippen LogP contribution in [0.2, 0.25) is 5.02 Å². The van der Waals surface area contributed by atoms with Crippen LogP contribution in [0.3, 0.4) is 0 Å². The van der Waals surface area contributed by atoms with Gasteiger partial charge in [0.2, 0.25) is 12.7 Å². The second-order valence-electron chi connectivity index (χ2n) is 6.73. The first-order valence-corrected chi connectivity index (χ1v) is 9.67. The predicted molar refractivity (Wildman–Crippen MR) is 110 cm³/mol. The molecule has 1 aliphatic rings. The second kappa shape index (κ2) is 9.49. The number of carbonyl (C=O) groups is 3. The number of anilines is 1. The van der Waals surface area contributed by atoms with Crippen molar-refractivity contribution in [2.45, 2.75) is 25.8 Å². The monoisotopic (exact) mass is 432 g/mol. The predicted octanol–water partition coefficient (Wildman–Crippen LogP) is 3.22. The molecule has 0 aliphatic carbocycles. The smallest absolute Gasteiger partial charge is 0.303 e. The van der Waals surface area contributed by atoms with Gasteiger partial charge in [0.25, 0.3) is 5.91 Å². The molecule has 2 aromatic rings. The molecule has 0 unspecified atom stereocenters. The lowest BCUT2D eigenvalue weighted by molar-refractivity contribution is -0.137. The van der Waals surface area contributed by atoms with Crippen LogP contribution in [0.1, 0.15) is 35.2 Å². The Hall–Kier alpha value is -3.26. The van der Waals surface area contributed by atoms with Crippen molar-refractivity contribution in [3.05, 3.63) is 52.5 Å². The fraction of sp³-hybridized carbons (Fsp3) is 0.286. The van der Waals surface area contributed by atoms with Gasteiger partial charge in [-0.25, -0.2) is 0 Å². The third-order valence-electron chi connectivity index (χ3n) is 4.61. The summed E-state index contributed by atoms with van der Waals surface area (Å²) in [6, 6.07) is 10.1. The number of carboxylic acids is 1. The Morgan fingerprint density at radius 2 is 1.87 bits per heavy atom. The van der Waals surface area contributed by atoms with E-state index in [-0.39, 0.29) is 44.1 Å². The van der Waals surface area contributed by atoms with E-state index in [4.69, 9.17) is 26.2 Å². The molecule has 0 radical (unpaired) electrons. The number of rotatable bonds is 8. The van der Waals surface area contributed by atoms with E-state index < -0.39 is 11.9 Å². The fourth-order valence-electron chi connectivity index (χ4n) is 3.00. The zero-order valence-electron chi connectivity index (χ0n) is 16.3. The first kappa shape index (κ1) is 21.4. The van der Waals surface area contributed by atoms with Crippen molar-refractivity contribution in [3.8, 4) is 11.5 Å². The van der Waals surface area contributed by atoms with Crippen molar-refractivity contribution in [1.82, 2.24) is 5.32 Å². The second-order valence-corrected chi connectivity index (χ2v) is 7.17. The third kappa shape index (κ3) is 5.21. The van der Waals surface area contributed by atoms with Crippen LogP contribution in [0.5, 0.6) is 11.5 Å². The lowest BCUT2D eigenvalue weighted by atomic mass is 10.1. The molecular formula is C21H21ClN2O6. The molecule has 9 heteroatoms. The third-order valence-corrected chi connectivity index (χ3v) is 4.85. The van der Waals surface area contributed by atoms with Crippen LogP contribution in [0.25, 0.3) is 0 Å². The van der Waals surface area contributed by atoms with Gasteiger partial charge in [0, 0.05) is 31.5 Å². The van der Waals surface area contributed by atoms with Gasteiger partial charge < -0.3 is 24.8 Å². The van der Waals surface area contributed by atoms with Crippen molar-refractivity contribution < 1.29 is 29.0 Å². The lowest BCUT2D eigenvalue weighted by Gasteiger charge is -2.21. The van der Waals surface area contributed by atoms with Crippen LogP contribution in [-0.2, 0) is 16.1 Å². The Morgan fingerprint density at radius 1 is 1.10 bits per heavy atom. The van der Waals surface area contributed by atoms with Crippen LogP contribution in [-0.4, -0.2) is 36.7 Å². The zero-order chi connectivity index (χ0) is 21.7. The minimum atomic E-state index is -0.958. The first-order chi connectivity index (χ1) is 14.3. The van der Waals surface area contributed by atoms with Crippen molar-refractivity contribution in [3.63, 3.8) is 0 Å². The van der Waals surface area contributed by atoms with E-state index in [1.807, 2.05) is 6.07 Å². The summed E-state index contributed by atoms with van der Waals surface area (Å²) in [6.45, 7) is 0.418. The summed E-state index contributed by atoms with van der Waals surface area (Å²) < 4.78 is 10.6. The summed E-state index contributed by atoms with van der Waals surface area (Å²) in [5.41, 5.74) is 1.47. The summed E-state index contributed by atoms with van der Waals surface area (Å²) in [5.74, 6) is -0.360. The van der Waals surface area contributed by atoms with Gasteiger partial charge in [-0.15, -0.1) is 0 Å². The fourth-order valence-corrected chi connectivity index (χ4v) is 3.18. The minimum Gasteiger partial charge on any atom is -0.481 e. The molecule has 2 N–H and O–H groups in total. The zero-order valence-corrected chi connectivity index (χ0v) is 17.1. The Morgan fingerprint density at radius 3 is 2.63 bits per heavy atom. The molecular weight excluding hydrogens is 412 g/mol. The number of halogens is 1. The number of hydrogen-bond donors (Lipinski definition) is 2. The number of nitrogens with zero attached hydrogens (tertiary/aromatic N) is 1. The summed E-state index contributed by atoms with van der Waals surface area (Å²) in [4.78, 5) is 37.2. The van der Waals surface area contributed by atoms with Gasteiger partial charge in [-0.05, 0) is 42.3 Å². The lowest BCUT2D eigenvalue weighted by Crippen LogP contribution is -2.30. The number of hydrogen-bond acceptors (Lipinski definition) is 5. The molecule has 0 saturated carbocycles. The van der Waals surface area contributed by atoms with E-state index in [0.717, 1.165) is 5.56 Å². The Balaban J connectivity index is 1.69. The molecule has 0 bridgehead atoms. The Kier molecular flexibility index (Phi) is 6.79. The van der Waals surface area contributed by atoms with Crippen molar-refractivity contribution in [2.24, 2.45) is 0 Å². The van der Waals surface area contributed by atoms with Gasteiger partial charge in [0.15, 0.2) is 11.5 Å². The van der Waals surface area contributed by atoms with E-state index in [0.29, 0.717) is 22.2 Å². The largest absolute Gasteiger partial charge is 0.481 e. The molecule has 158 valence electrons. The van der Waals surface area contributed by atoms with Gasteiger partial charge >= 0.3 is 5.97 Å². The molecule has 2 aromatic carbocycles. The highest BCUT2D eigenvalue weighted by Crippen LogP contribution is 2.32. The maximum absolute atomic E-state index is 12.8. The molecule has 0 saturated heterocycles. The van der Waals surface area contributed by atoms with Crippen LogP contribution in [0.15, 0.2) is 36.4 Å². The average molecular weight is 433 g/mol. The molecule has 3 rings (SSSR count). The number of carbonyl (C=O) groups excluding carboxylic acids is 2. The van der Waals surface area contributed by atoms with Crippen molar-refractivity contribution >= 4 is 35.1 Å². The van der Waals surface area contributed by atoms with Crippen LogP contribution < -0.4 is 19.7 Å². The normalized spacial score (nSPS) is 11.8. The number of aliphatic carboxylic acids is 1. The molecule has 1 heterocycles. The number of fused-ring (bicyclic) bond motifs is 1. The summed E-state index contributed by atoms with van der Waals surface area (Å²) in [7, 11) is 1.54. The maximum Gasteiger partial charge on any atom is 0.303 e. The van der Waals surface area contributed by atoms with Gasteiger partial charge in [-0.2, -0.15) is 0 Å². The van der Waals surface area contributed by atoms with E-state index >= 15 is 0 Å². The van der Waals surface area contributed by atoms with Gasteiger partial charge in [0.1, 0.15) is 0 Å². The van der Waals surface area contributed by atoms with Crippen LogP contribution in [0.4, 0.5) is 5.69 Å². The van der Waals surface area contributed by atoms with Gasteiger partial charge in [0.05, 0.1) is 11.3 Å². The summed E-state index contributed by atoms with van der Waals surface area (Å²) in [5, 5.41) is 11.9. The topological polar surface area (TPSA) is 105 Å². The number of carboxylic acid groups (broad SMARTS) is 1. The number of nitrogens with one attached hydrogen (secondary N) is 1. The number of ether oxygens (including phenoxy) is 2.